The number of benzene rings is 1. The zero-order valence-electron chi connectivity index (χ0n) is 12.9. The van der Waals surface area contributed by atoms with Crippen LogP contribution in [0.25, 0.3) is 16.8 Å². The van der Waals surface area contributed by atoms with Crippen molar-refractivity contribution in [2.24, 2.45) is 0 Å². The first-order chi connectivity index (χ1) is 10.6. The average molecular weight is 299 g/mol. The van der Waals surface area contributed by atoms with E-state index in [9.17, 15) is 4.79 Å². The van der Waals surface area contributed by atoms with Crippen molar-refractivity contribution in [1.82, 2.24) is 14.6 Å². The number of ether oxygens (including phenoxy) is 2. The summed E-state index contributed by atoms with van der Waals surface area (Å²) >= 11 is 0. The van der Waals surface area contributed by atoms with E-state index in [2.05, 4.69) is 10.1 Å². The largest absolute Gasteiger partial charge is 0.493 e. The molecule has 0 radical (unpaired) electrons. The highest BCUT2D eigenvalue weighted by molar-refractivity contribution is 5.78. The van der Waals surface area contributed by atoms with Crippen LogP contribution in [-0.4, -0.2) is 28.8 Å². The molecule has 0 unspecified atom stereocenters. The van der Waals surface area contributed by atoms with Gasteiger partial charge in [-0.1, -0.05) is 6.07 Å². The molecule has 3 aromatic rings. The third-order valence-corrected chi connectivity index (χ3v) is 3.83. The molecule has 114 valence electrons. The standard InChI is InChI=1S/C16H17N3O3/c1-9-10(2)18-15-12(8-17-19(15)16(9)20)11-5-6-13(21-3)14(7-11)22-4/h5-8,17H,1-4H3. The first kappa shape index (κ1) is 14.2. The van der Waals surface area contributed by atoms with Gasteiger partial charge >= 0.3 is 0 Å². The fourth-order valence-electron chi connectivity index (χ4n) is 2.42. The second kappa shape index (κ2) is 5.22. The van der Waals surface area contributed by atoms with Gasteiger partial charge in [-0.25, -0.2) is 9.50 Å². The fraction of sp³-hybridized carbons (Fsp3) is 0.250. The number of H-pyrrole nitrogens is 1. The molecular weight excluding hydrogens is 282 g/mol. The molecule has 0 saturated heterocycles. The summed E-state index contributed by atoms with van der Waals surface area (Å²) in [6.07, 6.45) is 1.77. The molecule has 6 heteroatoms. The van der Waals surface area contributed by atoms with Crippen LogP contribution in [0.1, 0.15) is 11.3 Å². The summed E-state index contributed by atoms with van der Waals surface area (Å²) in [5.41, 5.74) is 3.60. The zero-order valence-corrected chi connectivity index (χ0v) is 12.9. The van der Waals surface area contributed by atoms with Crippen LogP contribution in [0, 0.1) is 13.8 Å². The van der Waals surface area contributed by atoms with Crippen molar-refractivity contribution in [3.63, 3.8) is 0 Å². The van der Waals surface area contributed by atoms with Crippen LogP contribution in [0.4, 0.5) is 0 Å². The van der Waals surface area contributed by atoms with Crippen LogP contribution in [0.2, 0.25) is 0 Å². The molecule has 0 bridgehead atoms. The van der Waals surface area contributed by atoms with Crippen molar-refractivity contribution in [2.45, 2.75) is 13.8 Å². The topological polar surface area (TPSA) is 68.6 Å². The van der Waals surface area contributed by atoms with Gasteiger partial charge in [-0.3, -0.25) is 9.89 Å². The normalized spacial score (nSPS) is 10.9. The van der Waals surface area contributed by atoms with E-state index in [1.807, 2.05) is 25.1 Å². The van der Waals surface area contributed by atoms with E-state index in [1.165, 1.54) is 4.52 Å². The monoisotopic (exact) mass is 299 g/mol. The number of rotatable bonds is 3. The highest BCUT2D eigenvalue weighted by atomic mass is 16.5. The molecule has 1 N–H and O–H groups in total. The van der Waals surface area contributed by atoms with Gasteiger partial charge in [0.1, 0.15) is 0 Å². The number of methoxy groups -OCH3 is 2. The second-order valence-electron chi connectivity index (χ2n) is 5.04. The Morgan fingerprint density at radius 2 is 1.86 bits per heavy atom. The predicted octanol–water partition coefficient (Wildman–Crippen LogP) is 2.32. The number of hydrogen-bond donors (Lipinski definition) is 1. The van der Waals surface area contributed by atoms with Crippen molar-refractivity contribution in [3.8, 4) is 22.6 Å². The number of nitrogens with zero attached hydrogens (tertiary/aromatic N) is 2. The first-order valence-corrected chi connectivity index (χ1v) is 6.86. The fourth-order valence-corrected chi connectivity index (χ4v) is 2.42. The van der Waals surface area contributed by atoms with E-state index < -0.39 is 0 Å². The van der Waals surface area contributed by atoms with E-state index in [0.717, 1.165) is 16.8 Å². The maximum Gasteiger partial charge on any atom is 0.275 e. The van der Waals surface area contributed by atoms with Crippen LogP contribution in [0.15, 0.2) is 29.2 Å². The van der Waals surface area contributed by atoms with Crippen LogP contribution >= 0.6 is 0 Å². The number of aryl methyl sites for hydroxylation is 1. The SMILES string of the molecule is COc1ccc(-c2c[nH]n3c(=O)c(C)c(C)nc23)cc1OC. The molecule has 0 fully saturated rings. The highest BCUT2D eigenvalue weighted by Gasteiger charge is 2.14. The lowest BCUT2D eigenvalue weighted by molar-refractivity contribution is 0.355. The Balaban J connectivity index is 2.25. The molecular formula is C16H17N3O3. The first-order valence-electron chi connectivity index (χ1n) is 6.86. The molecule has 0 aliphatic heterocycles. The Morgan fingerprint density at radius 1 is 1.14 bits per heavy atom. The van der Waals surface area contributed by atoms with Crippen LogP contribution in [0.3, 0.4) is 0 Å². The minimum Gasteiger partial charge on any atom is -0.493 e. The van der Waals surface area contributed by atoms with Gasteiger partial charge in [0.25, 0.3) is 5.56 Å². The summed E-state index contributed by atoms with van der Waals surface area (Å²) in [7, 11) is 3.18. The van der Waals surface area contributed by atoms with Gasteiger partial charge in [-0.05, 0) is 31.5 Å². The molecule has 0 amide bonds. The summed E-state index contributed by atoms with van der Waals surface area (Å²) in [5.74, 6) is 1.29. The lowest BCUT2D eigenvalue weighted by Gasteiger charge is -2.09. The quantitative estimate of drug-likeness (QED) is 0.806. The zero-order chi connectivity index (χ0) is 15.9. The summed E-state index contributed by atoms with van der Waals surface area (Å²) in [6.45, 7) is 3.61. The van der Waals surface area contributed by atoms with E-state index in [-0.39, 0.29) is 5.56 Å². The van der Waals surface area contributed by atoms with E-state index >= 15 is 0 Å². The third-order valence-electron chi connectivity index (χ3n) is 3.83. The third kappa shape index (κ3) is 2.04. The van der Waals surface area contributed by atoms with E-state index in [0.29, 0.717) is 22.7 Å². The second-order valence-corrected chi connectivity index (χ2v) is 5.04. The summed E-state index contributed by atoms with van der Waals surface area (Å²) in [6, 6.07) is 5.60. The van der Waals surface area contributed by atoms with Gasteiger partial charge < -0.3 is 9.47 Å². The molecule has 2 aromatic heterocycles. The number of aromatic nitrogens is 3. The number of fused-ring (bicyclic) bond motifs is 1. The Labute approximate surface area is 127 Å². The molecule has 2 heterocycles. The Bertz CT molecular complexity index is 909. The summed E-state index contributed by atoms with van der Waals surface area (Å²) < 4.78 is 12.0. The number of aromatic amines is 1. The van der Waals surface area contributed by atoms with E-state index in [1.54, 1.807) is 27.3 Å². The Morgan fingerprint density at radius 3 is 2.55 bits per heavy atom. The summed E-state index contributed by atoms with van der Waals surface area (Å²) in [4.78, 5) is 16.8. The minimum absolute atomic E-state index is 0.0887. The predicted molar refractivity (Wildman–Crippen MR) is 83.8 cm³/mol. The lowest BCUT2D eigenvalue weighted by atomic mass is 10.1. The molecule has 0 aliphatic carbocycles. The molecule has 22 heavy (non-hydrogen) atoms. The van der Waals surface area contributed by atoms with E-state index in [4.69, 9.17) is 9.47 Å². The molecule has 0 aliphatic rings. The average Bonchev–Trinajstić information content (AvgIpc) is 2.95. The van der Waals surface area contributed by atoms with Crippen molar-refractivity contribution < 1.29 is 9.47 Å². The van der Waals surface area contributed by atoms with Gasteiger partial charge in [-0.15, -0.1) is 0 Å². The maximum atomic E-state index is 12.3. The van der Waals surface area contributed by atoms with Crippen LogP contribution < -0.4 is 15.0 Å². The van der Waals surface area contributed by atoms with Crippen molar-refractivity contribution in [3.05, 3.63) is 46.0 Å². The molecule has 0 spiro atoms. The summed E-state index contributed by atoms with van der Waals surface area (Å²) in [5, 5.41) is 2.96. The van der Waals surface area contributed by atoms with Crippen molar-refractivity contribution in [2.75, 3.05) is 14.2 Å². The van der Waals surface area contributed by atoms with Crippen LogP contribution in [-0.2, 0) is 0 Å². The molecule has 1 aromatic carbocycles. The van der Waals surface area contributed by atoms with Gasteiger partial charge in [0.15, 0.2) is 17.1 Å². The molecule has 3 rings (SSSR count). The smallest absolute Gasteiger partial charge is 0.275 e. The van der Waals surface area contributed by atoms with Gasteiger partial charge in [-0.2, -0.15) is 0 Å². The lowest BCUT2D eigenvalue weighted by Crippen LogP contribution is -2.19. The van der Waals surface area contributed by atoms with Crippen LogP contribution in [0.5, 0.6) is 11.5 Å². The number of nitrogens with one attached hydrogen (secondary N) is 1. The molecule has 0 atom stereocenters. The van der Waals surface area contributed by atoms with Gasteiger partial charge in [0.2, 0.25) is 0 Å². The van der Waals surface area contributed by atoms with Gasteiger partial charge in [0.05, 0.1) is 14.2 Å². The van der Waals surface area contributed by atoms with Crippen molar-refractivity contribution in [1.29, 1.82) is 0 Å². The Hall–Kier alpha value is -2.76. The van der Waals surface area contributed by atoms with Gasteiger partial charge in [0, 0.05) is 23.0 Å². The molecule has 0 saturated carbocycles. The molecule has 6 nitrogen and oxygen atoms in total. The highest BCUT2D eigenvalue weighted by Crippen LogP contribution is 2.33. The maximum absolute atomic E-state index is 12.3. The minimum atomic E-state index is -0.0887. The Kier molecular flexibility index (Phi) is 3.36. The van der Waals surface area contributed by atoms with Crippen molar-refractivity contribution >= 4 is 5.65 Å². The number of hydrogen-bond acceptors (Lipinski definition) is 4.